The van der Waals surface area contributed by atoms with Crippen LogP contribution in [0.25, 0.3) is 0 Å². The van der Waals surface area contributed by atoms with Crippen LogP contribution in [0, 0.1) is 28.6 Å². The van der Waals surface area contributed by atoms with Gasteiger partial charge in [0.15, 0.2) is 0 Å². The summed E-state index contributed by atoms with van der Waals surface area (Å²) in [5.41, 5.74) is 0.897. The van der Waals surface area contributed by atoms with Crippen molar-refractivity contribution in [1.82, 2.24) is 5.32 Å². The molecule has 1 fully saturated rings. The van der Waals surface area contributed by atoms with Crippen molar-refractivity contribution in [2.45, 2.75) is 67.2 Å². The van der Waals surface area contributed by atoms with Crippen molar-refractivity contribution in [1.29, 1.82) is 0 Å². The molecule has 1 aliphatic carbocycles. The van der Waals surface area contributed by atoms with E-state index in [1.165, 1.54) is 25.7 Å². The highest BCUT2D eigenvalue weighted by Gasteiger charge is 2.41. The molecule has 1 saturated carbocycles. The molecular formula is C19H39NO. The van der Waals surface area contributed by atoms with E-state index in [0.29, 0.717) is 16.7 Å². The SMILES string of the molecule is COCC(C)C1(CNCC(C)C)CCC(C(C)(C)C)CC1. The molecular weight excluding hydrogens is 258 g/mol. The summed E-state index contributed by atoms with van der Waals surface area (Å²) in [6.45, 7) is 17.3. The van der Waals surface area contributed by atoms with Gasteiger partial charge in [0.1, 0.15) is 0 Å². The largest absolute Gasteiger partial charge is 0.384 e. The molecule has 0 aromatic heterocycles. The molecule has 1 atom stereocenters. The second kappa shape index (κ2) is 7.97. The van der Waals surface area contributed by atoms with E-state index in [1.807, 2.05) is 7.11 Å². The van der Waals surface area contributed by atoms with Crippen LogP contribution in [0.1, 0.15) is 67.2 Å². The van der Waals surface area contributed by atoms with Crippen LogP contribution >= 0.6 is 0 Å². The maximum Gasteiger partial charge on any atom is 0.0493 e. The van der Waals surface area contributed by atoms with Crippen LogP contribution in [-0.4, -0.2) is 26.8 Å². The van der Waals surface area contributed by atoms with E-state index < -0.39 is 0 Å². The first-order chi connectivity index (χ1) is 9.71. The fraction of sp³-hybridized carbons (Fsp3) is 1.00. The van der Waals surface area contributed by atoms with Crippen molar-refractivity contribution in [3.05, 3.63) is 0 Å². The minimum atomic E-state index is 0.437. The Kier molecular flexibility index (Phi) is 7.19. The van der Waals surface area contributed by atoms with E-state index in [0.717, 1.165) is 31.5 Å². The number of rotatable bonds is 7. The molecule has 0 bridgehead atoms. The van der Waals surface area contributed by atoms with E-state index in [1.54, 1.807) is 0 Å². The summed E-state index contributed by atoms with van der Waals surface area (Å²) in [6, 6.07) is 0. The highest BCUT2D eigenvalue weighted by Crippen LogP contribution is 2.48. The van der Waals surface area contributed by atoms with Crippen molar-refractivity contribution < 1.29 is 4.74 Å². The molecule has 0 aromatic rings. The first kappa shape index (κ1) is 19.0. The van der Waals surface area contributed by atoms with Crippen molar-refractivity contribution in [3.63, 3.8) is 0 Å². The topological polar surface area (TPSA) is 21.3 Å². The van der Waals surface area contributed by atoms with Gasteiger partial charge >= 0.3 is 0 Å². The lowest BCUT2D eigenvalue weighted by Crippen LogP contribution is -2.45. The number of nitrogens with one attached hydrogen (secondary N) is 1. The van der Waals surface area contributed by atoms with Crippen molar-refractivity contribution in [3.8, 4) is 0 Å². The minimum Gasteiger partial charge on any atom is -0.384 e. The Balaban J connectivity index is 2.67. The van der Waals surface area contributed by atoms with E-state index in [2.05, 4.69) is 46.9 Å². The summed E-state index contributed by atoms with van der Waals surface area (Å²) >= 11 is 0. The third-order valence-corrected chi connectivity index (χ3v) is 5.70. The van der Waals surface area contributed by atoms with E-state index in [9.17, 15) is 0 Å². The molecule has 1 aliphatic rings. The minimum absolute atomic E-state index is 0.437. The lowest BCUT2D eigenvalue weighted by Gasteiger charge is -2.47. The zero-order valence-corrected chi connectivity index (χ0v) is 15.6. The average Bonchev–Trinajstić information content (AvgIpc) is 2.38. The maximum absolute atomic E-state index is 5.48. The maximum atomic E-state index is 5.48. The molecule has 0 amide bonds. The lowest BCUT2D eigenvalue weighted by atomic mass is 9.60. The predicted molar refractivity (Wildman–Crippen MR) is 92.6 cm³/mol. The van der Waals surface area contributed by atoms with E-state index in [-0.39, 0.29) is 0 Å². The highest BCUT2D eigenvalue weighted by atomic mass is 16.5. The zero-order chi connectivity index (χ0) is 16.1. The smallest absolute Gasteiger partial charge is 0.0493 e. The van der Waals surface area contributed by atoms with Crippen molar-refractivity contribution >= 4 is 0 Å². The monoisotopic (exact) mass is 297 g/mol. The van der Waals surface area contributed by atoms with Gasteiger partial charge in [-0.2, -0.15) is 0 Å². The molecule has 2 nitrogen and oxygen atoms in total. The average molecular weight is 298 g/mol. The summed E-state index contributed by atoms with van der Waals surface area (Å²) in [6.07, 6.45) is 5.46. The Morgan fingerprint density at radius 1 is 1.14 bits per heavy atom. The molecule has 21 heavy (non-hydrogen) atoms. The quantitative estimate of drug-likeness (QED) is 0.733. The Morgan fingerprint density at radius 2 is 1.71 bits per heavy atom. The standard InChI is InChI=1S/C19H39NO/c1-15(2)12-20-14-19(16(3)13-21-7)10-8-17(9-11-19)18(4,5)6/h15-17,20H,8-14H2,1-7H3. The van der Waals surface area contributed by atoms with Gasteiger partial charge in [0.05, 0.1) is 0 Å². The molecule has 0 aliphatic heterocycles. The molecule has 2 heteroatoms. The van der Waals surface area contributed by atoms with E-state index >= 15 is 0 Å². The predicted octanol–water partition coefficient (Wildman–Crippen LogP) is 4.74. The van der Waals surface area contributed by atoms with E-state index in [4.69, 9.17) is 4.74 Å². The van der Waals surface area contributed by atoms with Crippen LogP contribution in [-0.2, 0) is 4.74 Å². The zero-order valence-electron chi connectivity index (χ0n) is 15.6. The molecule has 126 valence electrons. The first-order valence-corrected chi connectivity index (χ1v) is 8.91. The van der Waals surface area contributed by atoms with Crippen LogP contribution < -0.4 is 5.32 Å². The summed E-state index contributed by atoms with van der Waals surface area (Å²) < 4.78 is 5.48. The van der Waals surface area contributed by atoms with Gasteiger partial charge in [-0.25, -0.2) is 0 Å². The van der Waals surface area contributed by atoms with Gasteiger partial charge in [0.2, 0.25) is 0 Å². The Bertz CT molecular complexity index is 284. The first-order valence-electron chi connectivity index (χ1n) is 8.91. The van der Waals surface area contributed by atoms with Gasteiger partial charge in [-0.3, -0.25) is 0 Å². The fourth-order valence-corrected chi connectivity index (χ4v) is 3.94. The third-order valence-electron chi connectivity index (χ3n) is 5.70. The lowest BCUT2D eigenvalue weighted by molar-refractivity contribution is 0.00926. The van der Waals surface area contributed by atoms with Gasteiger partial charge in [-0.15, -0.1) is 0 Å². The van der Waals surface area contributed by atoms with Gasteiger partial charge < -0.3 is 10.1 Å². The second-order valence-corrected chi connectivity index (χ2v) is 8.88. The number of methoxy groups -OCH3 is 1. The van der Waals surface area contributed by atoms with Gasteiger partial charge in [0, 0.05) is 20.3 Å². The summed E-state index contributed by atoms with van der Waals surface area (Å²) in [5, 5.41) is 3.73. The molecule has 0 heterocycles. The number of ether oxygens (including phenoxy) is 1. The summed E-state index contributed by atoms with van der Waals surface area (Å²) in [4.78, 5) is 0. The third kappa shape index (κ3) is 5.56. The summed E-state index contributed by atoms with van der Waals surface area (Å²) in [5.74, 6) is 2.25. The number of hydrogen-bond donors (Lipinski definition) is 1. The fourth-order valence-electron chi connectivity index (χ4n) is 3.94. The molecule has 1 N–H and O–H groups in total. The normalized spacial score (nSPS) is 28.9. The molecule has 1 unspecified atom stereocenters. The van der Waals surface area contributed by atoms with Crippen molar-refractivity contribution in [2.24, 2.45) is 28.6 Å². The van der Waals surface area contributed by atoms with Crippen LogP contribution in [0.5, 0.6) is 0 Å². The second-order valence-electron chi connectivity index (χ2n) is 8.88. The van der Waals surface area contributed by atoms with Gasteiger partial charge in [-0.05, 0) is 60.8 Å². The van der Waals surface area contributed by atoms with Crippen LogP contribution in [0.3, 0.4) is 0 Å². The van der Waals surface area contributed by atoms with Crippen molar-refractivity contribution in [2.75, 3.05) is 26.8 Å². The molecule has 0 spiro atoms. The Morgan fingerprint density at radius 3 is 2.14 bits per heavy atom. The molecule has 0 radical (unpaired) electrons. The highest BCUT2D eigenvalue weighted by molar-refractivity contribution is 4.93. The van der Waals surface area contributed by atoms with Crippen LogP contribution in [0.2, 0.25) is 0 Å². The molecule has 0 saturated heterocycles. The van der Waals surface area contributed by atoms with Crippen LogP contribution in [0.4, 0.5) is 0 Å². The van der Waals surface area contributed by atoms with Crippen LogP contribution in [0.15, 0.2) is 0 Å². The Hall–Kier alpha value is -0.0800. The Labute approximate surface area is 133 Å². The molecule has 0 aromatic carbocycles. The molecule has 1 rings (SSSR count). The van der Waals surface area contributed by atoms with Gasteiger partial charge in [0.25, 0.3) is 0 Å². The summed E-state index contributed by atoms with van der Waals surface area (Å²) in [7, 11) is 1.84. The van der Waals surface area contributed by atoms with Gasteiger partial charge in [-0.1, -0.05) is 41.5 Å². The number of hydrogen-bond acceptors (Lipinski definition) is 2.